The molecule has 7 heteroatoms. The first kappa shape index (κ1) is 18.8. The number of benzene rings is 1. The molecule has 1 amide bonds. The molecular formula is C19H21BrFN3O2. The summed E-state index contributed by atoms with van der Waals surface area (Å²) in [5.41, 5.74) is 0.406. The van der Waals surface area contributed by atoms with E-state index in [4.69, 9.17) is 4.74 Å². The van der Waals surface area contributed by atoms with E-state index in [2.05, 4.69) is 25.8 Å². The molecule has 1 unspecified atom stereocenters. The lowest BCUT2D eigenvalue weighted by Gasteiger charge is -2.36. The standard InChI is InChI=1S/C19H21BrFN3O2/c1-23(2)14-5-4-10-24(12-14)19(25)15-6-3-9-22-18(15)26-17-8-7-13(21)11-16(17)20/h3,6-9,11,14H,4-5,10,12H2,1-2H3. The molecule has 2 aromatic rings. The highest BCUT2D eigenvalue weighted by Crippen LogP contribution is 2.31. The van der Waals surface area contributed by atoms with Crippen LogP contribution in [0.3, 0.4) is 0 Å². The summed E-state index contributed by atoms with van der Waals surface area (Å²) in [5.74, 6) is 0.156. The lowest BCUT2D eigenvalue weighted by molar-refractivity contribution is 0.0632. The van der Waals surface area contributed by atoms with E-state index in [1.54, 1.807) is 18.3 Å². The summed E-state index contributed by atoms with van der Waals surface area (Å²) in [6.45, 7) is 1.40. The summed E-state index contributed by atoms with van der Waals surface area (Å²) in [4.78, 5) is 21.2. The fourth-order valence-corrected chi connectivity index (χ4v) is 3.46. The summed E-state index contributed by atoms with van der Waals surface area (Å²) >= 11 is 3.27. The number of carbonyl (C=O) groups is 1. The molecule has 1 fully saturated rings. The van der Waals surface area contributed by atoms with E-state index >= 15 is 0 Å². The van der Waals surface area contributed by atoms with Crippen molar-refractivity contribution in [1.82, 2.24) is 14.8 Å². The Balaban J connectivity index is 1.83. The largest absolute Gasteiger partial charge is 0.437 e. The van der Waals surface area contributed by atoms with Crippen LogP contribution in [0.4, 0.5) is 4.39 Å². The molecule has 2 heterocycles. The molecule has 0 aliphatic carbocycles. The van der Waals surface area contributed by atoms with Crippen molar-refractivity contribution in [1.29, 1.82) is 0 Å². The summed E-state index contributed by atoms with van der Waals surface area (Å²) in [5, 5.41) is 0. The molecule has 26 heavy (non-hydrogen) atoms. The van der Waals surface area contributed by atoms with Gasteiger partial charge in [-0.25, -0.2) is 9.37 Å². The van der Waals surface area contributed by atoms with Crippen LogP contribution in [0.15, 0.2) is 41.0 Å². The van der Waals surface area contributed by atoms with Crippen LogP contribution in [0, 0.1) is 5.82 Å². The maximum absolute atomic E-state index is 13.3. The molecule has 0 N–H and O–H groups in total. The third-order valence-electron chi connectivity index (χ3n) is 4.52. The van der Waals surface area contributed by atoms with E-state index in [9.17, 15) is 9.18 Å². The van der Waals surface area contributed by atoms with Crippen molar-refractivity contribution in [3.05, 3.63) is 52.4 Å². The molecule has 5 nitrogen and oxygen atoms in total. The van der Waals surface area contributed by atoms with Gasteiger partial charge in [-0.05, 0) is 73.2 Å². The summed E-state index contributed by atoms with van der Waals surface area (Å²) in [6.07, 6.45) is 3.62. The molecule has 1 atom stereocenters. The van der Waals surface area contributed by atoms with Crippen LogP contribution < -0.4 is 4.74 Å². The van der Waals surface area contributed by atoms with Crippen LogP contribution in [0.1, 0.15) is 23.2 Å². The van der Waals surface area contributed by atoms with E-state index in [0.717, 1.165) is 19.4 Å². The van der Waals surface area contributed by atoms with E-state index in [-0.39, 0.29) is 17.6 Å². The van der Waals surface area contributed by atoms with Crippen LogP contribution in [0.2, 0.25) is 0 Å². The van der Waals surface area contributed by atoms with Crippen molar-refractivity contribution < 1.29 is 13.9 Å². The Morgan fingerprint density at radius 2 is 2.19 bits per heavy atom. The van der Waals surface area contributed by atoms with Crippen molar-refractivity contribution in [3.8, 4) is 11.6 Å². The van der Waals surface area contributed by atoms with Crippen molar-refractivity contribution >= 4 is 21.8 Å². The van der Waals surface area contributed by atoms with Gasteiger partial charge in [-0.15, -0.1) is 0 Å². The van der Waals surface area contributed by atoms with E-state index in [1.165, 1.54) is 18.2 Å². The zero-order valence-electron chi connectivity index (χ0n) is 14.8. The second-order valence-corrected chi connectivity index (χ2v) is 7.40. The number of nitrogens with zero attached hydrogens (tertiary/aromatic N) is 3. The lowest BCUT2D eigenvalue weighted by Crippen LogP contribution is -2.47. The maximum Gasteiger partial charge on any atom is 0.259 e. The fourth-order valence-electron chi connectivity index (χ4n) is 3.03. The minimum Gasteiger partial charge on any atom is -0.437 e. The number of aromatic nitrogens is 1. The van der Waals surface area contributed by atoms with Gasteiger partial charge in [0.05, 0.1) is 4.47 Å². The van der Waals surface area contributed by atoms with E-state index < -0.39 is 0 Å². The molecule has 1 aliphatic heterocycles. The van der Waals surface area contributed by atoms with Gasteiger partial charge in [0, 0.05) is 25.3 Å². The van der Waals surface area contributed by atoms with Crippen LogP contribution in [-0.2, 0) is 0 Å². The zero-order chi connectivity index (χ0) is 18.7. The Labute approximate surface area is 160 Å². The van der Waals surface area contributed by atoms with Gasteiger partial charge in [-0.3, -0.25) is 4.79 Å². The number of likely N-dealkylation sites (tertiary alicyclic amines) is 1. The Morgan fingerprint density at radius 3 is 2.92 bits per heavy atom. The highest BCUT2D eigenvalue weighted by atomic mass is 79.9. The molecule has 0 bridgehead atoms. The normalized spacial score (nSPS) is 17.4. The second kappa shape index (κ2) is 8.14. The fraction of sp³-hybridized carbons (Fsp3) is 0.368. The molecule has 138 valence electrons. The zero-order valence-corrected chi connectivity index (χ0v) is 16.4. The predicted molar refractivity (Wildman–Crippen MR) is 101 cm³/mol. The van der Waals surface area contributed by atoms with Crippen LogP contribution in [-0.4, -0.2) is 53.9 Å². The van der Waals surface area contributed by atoms with Crippen molar-refractivity contribution in [2.45, 2.75) is 18.9 Å². The van der Waals surface area contributed by atoms with Crippen molar-refractivity contribution in [3.63, 3.8) is 0 Å². The third kappa shape index (κ3) is 4.22. The first-order valence-electron chi connectivity index (χ1n) is 8.49. The molecule has 1 aliphatic rings. The Kier molecular flexibility index (Phi) is 5.88. The smallest absolute Gasteiger partial charge is 0.259 e. The van der Waals surface area contributed by atoms with Gasteiger partial charge in [0.1, 0.15) is 17.1 Å². The molecule has 0 radical (unpaired) electrons. The number of amides is 1. The average Bonchev–Trinajstić information content (AvgIpc) is 2.64. The summed E-state index contributed by atoms with van der Waals surface area (Å²) in [6, 6.07) is 7.89. The average molecular weight is 422 g/mol. The molecule has 1 aromatic heterocycles. The minimum atomic E-state index is -0.371. The number of piperidine rings is 1. The molecule has 0 spiro atoms. The molecule has 3 rings (SSSR count). The van der Waals surface area contributed by atoms with Gasteiger partial charge in [-0.1, -0.05) is 0 Å². The Hall–Kier alpha value is -1.99. The highest BCUT2D eigenvalue weighted by molar-refractivity contribution is 9.10. The molecule has 1 aromatic carbocycles. The predicted octanol–water partition coefficient (Wildman–Crippen LogP) is 3.94. The highest BCUT2D eigenvalue weighted by Gasteiger charge is 2.27. The first-order valence-corrected chi connectivity index (χ1v) is 9.28. The van der Waals surface area contributed by atoms with Gasteiger partial charge >= 0.3 is 0 Å². The van der Waals surface area contributed by atoms with Crippen LogP contribution >= 0.6 is 15.9 Å². The Morgan fingerprint density at radius 1 is 1.38 bits per heavy atom. The second-order valence-electron chi connectivity index (χ2n) is 6.54. The number of hydrogen-bond acceptors (Lipinski definition) is 4. The van der Waals surface area contributed by atoms with Crippen LogP contribution in [0.5, 0.6) is 11.6 Å². The van der Waals surface area contributed by atoms with E-state index in [1.807, 2.05) is 19.0 Å². The summed E-state index contributed by atoms with van der Waals surface area (Å²) in [7, 11) is 4.06. The monoisotopic (exact) mass is 421 g/mol. The van der Waals surface area contributed by atoms with Crippen molar-refractivity contribution in [2.75, 3.05) is 27.2 Å². The van der Waals surface area contributed by atoms with Crippen LogP contribution in [0.25, 0.3) is 0 Å². The number of halogens is 2. The third-order valence-corrected chi connectivity index (χ3v) is 5.14. The molecular weight excluding hydrogens is 401 g/mol. The number of carbonyl (C=O) groups excluding carboxylic acids is 1. The van der Waals surface area contributed by atoms with Gasteiger partial charge in [-0.2, -0.15) is 0 Å². The van der Waals surface area contributed by atoms with Gasteiger partial charge in [0.15, 0.2) is 0 Å². The molecule has 0 saturated carbocycles. The van der Waals surface area contributed by atoms with Gasteiger partial charge in [0.2, 0.25) is 5.88 Å². The topological polar surface area (TPSA) is 45.7 Å². The maximum atomic E-state index is 13.3. The summed E-state index contributed by atoms with van der Waals surface area (Å²) < 4.78 is 19.5. The number of hydrogen-bond donors (Lipinski definition) is 0. The SMILES string of the molecule is CN(C)C1CCCN(C(=O)c2cccnc2Oc2ccc(F)cc2Br)C1. The quantitative estimate of drug-likeness (QED) is 0.749. The van der Waals surface area contributed by atoms with E-state index in [0.29, 0.717) is 28.4 Å². The first-order chi connectivity index (χ1) is 12.5. The lowest BCUT2D eigenvalue weighted by atomic mass is 10.0. The number of rotatable bonds is 4. The number of ether oxygens (including phenoxy) is 1. The number of likely N-dealkylation sites (N-methyl/N-ethyl adjacent to an activating group) is 1. The minimum absolute atomic E-state index is 0.0992. The number of pyridine rings is 1. The molecule has 1 saturated heterocycles. The van der Waals surface area contributed by atoms with Gasteiger partial charge in [0.25, 0.3) is 5.91 Å². The van der Waals surface area contributed by atoms with Gasteiger partial charge < -0.3 is 14.5 Å². The Bertz CT molecular complexity index is 800. The van der Waals surface area contributed by atoms with Crippen molar-refractivity contribution in [2.24, 2.45) is 0 Å².